The number of nitrogens with one attached hydrogen (secondary N) is 1. The number of benzene rings is 5. The van der Waals surface area contributed by atoms with Gasteiger partial charge in [-0.15, -0.1) is 0 Å². The molecule has 2 unspecified atom stereocenters. The highest BCUT2D eigenvalue weighted by Crippen LogP contribution is 2.40. The maximum atomic E-state index is 6.50. The van der Waals surface area contributed by atoms with Crippen molar-refractivity contribution in [2.45, 2.75) is 118 Å². The molecule has 1 saturated heterocycles. The summed E-state index contributed by atoms with van der Waals surface area (Å²) in [6.07, 6.45) is 9.69. The summed E-state index contributed by atoms with van der Waals surface area (Å²) in [7, 11) is -0.443. The molecule has 2 heterocycles. The monoisotopic (exact) mass is 777 g/mol. The molecule has 6 heteroatoms. The van der Waals surface area contributed by atoms with Crippen molar-refractivity contribution < 1.29 is 18.8 Å². The number of fused-ring (bicyclic) bond motifs is 3. The van der Waals surface area contributed by atoms with E-state index in [1.807, 2.05) is 0 Å². The van der Waals surface area contributed by atoms with E-state index in [2.05, 4.69) is 164 Å². The van der Waals surface area contributed by atoms with Crippen LogP contribution in [0.15, 0.2) is 103 Å². The second kappa shape index (κ2) is 18.2. The van der Waals surface area contributed by atoms with Crippen LogP contribution < -0.4 is 14.9 Å². The lowest BCUT2D eigenvalue weighted by Crippen LogP contribution is -2.41. The normalized spacial score (nSPS) is 15.9. The molecule has 1 aromatic heterocycles. The molecule has 0 spiro atoms. The Balaban J connectivity index is 1.24. The minimum absolute atomic E-state index is 0.418. The summed E-state index contributed by atoms with van der Waals surface area (Å²) < 4.78 is 25.6. The van der Waals surface area contributed by atoms with Gasteiger partial charge in [-0.3, -0.25) is 0 Å². The van der Waals surface area contributed by atoms with Crippen molar-refractivity contribution >= 4 is 34.4 Å². The Kier molecular flexibility index (Phi) is 13.0. The molecule has 0 amide bonds. The van der Waals surface area contributed by atoms with Gasteiger partial charge in [-0.05, 0) is 134 Å². The van der Waals surface area contributed by atoms with E-state index < -0.39 is 18.3 Å². The van der Waals surface area contributed by atoms with Gasteiger partial charge in [-0.2, -0.15) is 0 Å². The fourth-order valence-corrected chi connectivity index (χ4v) is 8.12. The zero-order valence-corrected chi connectivity index (χ0v) is 36.3. The highest BCUT2D eigenvalue weighted by Gasteiger charge is 2.51. The van der Waals surface area contributed by atoms with Crippen LogP contribution >= 0.6 is 0 Å². The van der Waals surface area contributed by atoms with Crippen molar-refractivity contribution in [2.75, 3.05) is 13.2 Å². The molecule has 6 aromatic rings. The average Bonchev–Trinajstić information content (AvgIpc) is 3.72. The highest BCUT2D eigenvalue weighted by molar-refractivity contribution is 6.62. The van der Waals surface area contributed by atoms with Crippen LogP contribution in [0.4, 0.5) is 0 Å². The molecule has 1 aliphatic heterocycles. The van der Waals surface area contributed by atoms with Crippen molar-refractivity contribution in [1.82, 2.24) is 4.98 Å². The Labute approximate surface area is 348 Å². The van der Waals surface area contributed by atoms with Gasteiger partial charge < -0.3 is 23.8 Å². The zero-order valence-electron chi connectivity index (χ0n) is 36.3. The molecule has 0 bridgehead atoms. The Morgan fingerprint density at radius 1 is 0.569 bits per heavy atom. The molecule has 5 nitrogen and oxygen atoms in total. The lowest BCUT2D eigenvalue weighted by molar-refractivity contribution is 0.00578. The molecule has 2 atom stereocenters. The summed E-state index contributed by atoms with van der Waals surface area (Å²) in [6.45, 7) is 19.0. The molecule has 304 valence electrons. The standard InChI is InChI=1S/C52H64BNO4/c1-9-13-16-36(11-3)34-55-44-25-20-38(21-26-44)40-24-29-49-47(31-40)48-33-42(39-22-27-45(28-23-39)56-35-37(12-4)17-14-10-2)32-46(50(48)54-49)41-18-15-19-43(30-41)53-57-51(5,6)52(7,8)58-53/h15,18-33,36-37,54H,9-14,16-17,34-35H2,1-8H3. The molecule has 1 fully saturated rings. The molecule has 0 radical (unpaired) electrons. The summed E-state index contributed by atoms with van der Waals surface area (Å²) in [4.78, 5) is 3.83. The van der Waals surface area contributed by atoms with Gasteiger partial charge in [-0.25, -0.2) is 0 Å². The molecule has 1 aliphatic rings. The van der Waals surface area contributed by atoms with Gasteiger partial charge in [0.1, 0.15) is 11.5 Å². The smallest absolute Gasteiger partial charge is 0.493 e. The van der Waals surface area contributed by atoms with Gasteiger partial charge in [0.15, 0.2) is 0 Å². The summed E-state index contributed by atoms with van der Waals surface area (Å²) >= 11 is 0. The SMILES string of the molecule is CCCCC(CC)COc1ccc(-c2ccc3[nH]c4c(-c5cccc(B6OC(C)(C)C(C)(C)O6)c5)cc(-c5ccc(OCC(CC)CCCC)cc5)cc4c3c2)cc1. The summed E-state index contributed by atoms with van der Waals surface area (Å²) in [6, 6.07) is 37.3. The van der Waals surface area contributed by atoms with Crippen LogP contribution in [0.5, 0.6) is 11.5 Å². The van der Waals surface area contributed by atoms with Gasteiger partial charge in [0, 0.05) is 21.9 Å². The fourth-order valence-electron chi connectivity index (χ4n) is 8.12. The minimum Gasteiger partial charge on any atom is -0.493 e. The number of rotatable bonds is 18. The largest absolute Gasteiger partial charge is 0.494 e. The number of H-pyrrole nitrogens is 1. The third-order valence-corrected chi connectivity index (χ3v) is 12.9. The Hall–Kier alpha value is -4.52. The van der Waals surface area contributed by atoms with Crippen molar-refractivity contribution in [2.24, 2.45) is 11.8 Å². The van der Waals surface area contributed by atoms with E-state index in [0.717, 1.165) is 76.3 Å². The van der Waals surface area contributed by atoms with Crippen LogP contribution in [-0.2, 0) is 9.31 Å². The maximum Gasteiger partial charge on any atom is 0.494 e. The molecule has 7 rings (SSSR count). The first kappa shape index (κ1) is 41.6. The van der Waals surface area contributed by atoms with Crippen LogP contribution in [0.3, 0.4) is 0 Å². The Morgan fingerprint density at radius 3 is 1.66 bits per heavy atom. The first-order valence-corrected chi connectivity index (χ1v) is 22.0. The van der Waals surface area contributed by atoms with E-state index in [4.69, 9.17) is 18.8 Å². The topological polar surface area (TPSA) is 52.7 Å². The van der Waals surface area contributed by atoms with E-state index in [1.165, 1.54) is 60.4 Å². The molecular formula is C52H64BNO4. The molecule has 5 aromatic carbocycles. The van der Waals surface area contributed by atoms with Gasteiger partial charge in [0.05, 0.1) is 29.9 Å². The molecule has 58 heavy (non-hydrogen) atoms. The predicted molar refractivity (Wildman–Crippen MR) is 245 cm³/mol. The Morgan fingerprint density at radius 2 is 1.10 bits per heavy atom. The number of unbranched alkanes of at least 4 members (excludes halogenated alkanes) is 2. The minimum atomic E-state index is -0.443. The lowest BCUT2D eigenvalue weighted by atomic mass is 9.78. The molecular weight excluding hydrogens is 713 g/mol. The zero-order chi connectivity index (χ0) is 40.9. The second-order valence-electron chi connectivity index (χ2n) is 17.5. The first-order valence-electron chi connectivity index (χ1n) is 22.0. The molecule has 0 saturated carbocycles. The number of aromatic nitrogens is 1. The third-order valence-electron chi connectivity index (χ3n) is 12.9. The van der Waals surface area contributed by atoms with Crippen LogP contribution in [-0.4, -0.2) is 36.5 Å². The summed E-state index contributed by atoms with van der Waals surface area (Å²) in [5.74, 6) is 3.04. The van der Waals surface area contributed by atoms with E-state index in [0.29, 0.717) is 11.8 Å². The van der Waals surface area contributed by atoms with Crippen LogP contribution in [0.1, 0.15) is 107 Å². The van der Waals surface area contributed by atoms with Gasteiger partial charge in [-0.1, -0.05) is 121 Å². The Bertz CT molecular complexity index is 2260. The van der Waals surface area contributed by atoms with Crippen LogP contribution in [0, 0.1) is 11.8 Å². The van der Waals surface area contributed by atoms with Gasteiger partial charge >= 0.3 is 7.12 Å². The number of hydrogen-bond acceptors (Lipinski definition) is 4. The van der Waals surface area contributed by atoms with E-state index in [-0.39, 0.29) is 0 Å². The summed E-state index contributed by atoms with van der Waals surface area (Å²) in [5, 5.41) is 2.38. The first-order chi connectivity index (χ1) is 28.0. The van der Waals surface area contributed by atoms with Crippen molar-refractivity contribution in [3.05, 3.63) is 103 Å². The maximum absolute atomic E-state index is 6.50. The van der Waals surface area contributed by atoms with Crippen molar-refractivity contribution in [3.63, 3.8) is 0 Å². The predicted octanol–water partition coefficient (Wildman–Crippen LogP) is 13.8. The van der Waals surface area contributed by atoms with Gasteiger partial charge in [0.25, 0.3) is 0 Å². The van der Waals surface area contributed by atoms with Crippen molar-refractivity contribution in [1.29, 1.82) is 0 Å². The lowest BCUT2D eigenvalue weighted by Gasteiger charge is -2.32. The summed E-state index contributed by atoms with van der Waals surface area (Å²) in [5.41, 5.74) is 9.28. The number of ether oxygens (including phenoxy) is 2. The van der Waals surface area contributed by atoms with Crippen molar-refractivity contribution in [3.8, 4) is 44.9 Å². The third kappa shape index (κ3) is 9.19. The van der Waals surface area contributed by atoms with Crippen LogP contribution in [0.25, 0.3) is 55.2 Å². The van der Waals surface area contributed by atoms with Gasteiger partial charge in [0.2, 0.25) is 0 Å². The van der Waals surface area contributed by atoms with E-state index >= 15 is 0 Å². The van der Waals surface area contributed by atoms with E-state index in [1.54, 1.807) is 0 Å². The second-order valence-corrected chi connectivity index (χ2v) is 17.5. The van der Waals surface area contributed by atoms with Crippen LogP contribution in [0.2, 0.25) is 0 Å². The quantitative estimate of drug-likeness (QED) is 0.0883. The average molecular weight is 778 g/mol. The number of hydrogen-bond donors (Lipinski definition) is 1. The molecule has 0 aliphatic carbocycles. The fraction of sp³-hybridized carbons (Fsp3) is 0.423. The molecule has 1 N–H and O–H groups in total. The van der Waals surface area contributed by atoms with E-state index in [9.17, 15) is 0 Å². The highest BCUT2D eigenvalue weighted by atomic mass is 16.7. The number of aromatic amines is 1.